The fourth-order valence-electron chi connectivity index (χ4n) is 11.5. The Morgan fingerprint density at radius 3 is 2.21 bits per heavy atom. The van der Waals surface area contributed by atoms with Gasteiger partial charge in [-0.15, -0.1) is 0 Å². The molecule has 0 amide bonds. The van der Waals surface area contributed by atoms with Crippen LogP contribution in [0.1, 0.15) is 98.8 Å². The highest BCUT2D eigenvalue weighted by atomic mass is 16.6. The number of carbonyl (C=O) groups excluding carboxylic acids is 1. The van der Waals surface area contributed by atoms with Crippen LogP contribution in [0.5, 0.6) is 0 Å². The quantitative estimate of drug-likeness (QED) is 0.404. The molecule has 1 heterocycles. The van der Waals surface area contributed by atoms with Gasteiger partial charge in [0.05, 0.1) is 24.9 Å². The zero-order valence-corrected chi connectivity index (χ0v) is 22.3. The van der Waals surface area contributed by atoms with Crippen molar-refractivity contribution in [3.63, 3.8) is 0 Å². The lowest BCUT2D eigenvalue weighted by Gasteiger charge is -2.68. The molecule has 34 heavy (non-hydrogen) atoms. The van der Waals surface area contributed by atoms with E-state index in [0.29, 0.717) is 41.1 Å². The standard InChI is InChI=1S/C30H48O4/c1-18-21-8-12-28(4)22-9-14-30(17-33-19(2)31)15-10-23(29(5)16-34-29)26(30)20(22)6-7-25(28)27(21,3)13-11-24(18)32/h18,20-26,32H,6-17H2,1-5H3/t18-,20?,21?,22?,23-,24+,25?,26?,27+,28+,29?,30+/m1/s1. The molecule has 5 saturated carbocycles. The second-order valence-corrected chi connectivity index (χ2v) is 14.5. The first-order valence-corrected chi connectivity index (χ1v) is 14.5. The van der Waals surface area contributed by atoms with Crippen LogP contribution < -0.4 is 0 Å². The maximum Gasteiger partial charge on any atom is 0.302 e. The van der Waals surface area contributed by atoms with E-state index in [0.717, 1.165) is 30.8 Å². The summed E-state index contributed by atoms with van der Waals surface area (Å²) in [6.07, 6.45) is 12.4. The number of ether oxygens (including phenoxy) is 2. The van der Waals surface area contributed by atoms with Crippen LogP contribution in [0.3, 0.4) is 0 Å². The van der Waals surface area contributed by atoms with Gasteiger partial charge < -0.3 is 14.6 Å². The van der Waals surface area contributed by atoms with Crippen LogP contribution in [-0.2, 0) is 14.3 Å². The molecule has 0 bridgehead atoms. The summed E-state index contributed by atoms with van der Waals surface area (Å²) in [5.74, 6) is 4.55. The summed E-state index contributed by atoms with van der Waals surface area (Å²) in [4.78, 5) is 11.8. The molecule has 0 radical (unpaired) electrons. The van der Waals surface area contributed by atoms with Gasteiger partial charge in [0, 0.05) is 12.3 Å². The zero-order valence-electron chi connectivity index (χ0n) is 22.3. The average Bonchev–Trinajstić information content (AvgIpc) is 3.41. The lowest BCUT2D eigenvalue weighted by molar-refractivity contribution is -0.203. The molecule has 1 saturated heterocycles. The van der Waals surface area contributed by atoms with E-state index in [1.165, 1.54) is 57.8 Å². The Balaban J connectivity index is 1.33. The van der Waals surface area contributed by atoms with Crippen LogP contribution in [0, 0.1) is 57.7 Å². The minimum atomic E-state index is -0.122. The van der Waals surface area contributed by atoms with Crippen LogP contribution >= 0.6 is 0 Å². The summed E-state index contributed by atoms with van der Waals surface area (Å²) >= 11 is 0. The molecule has 0 aromatic rings. The minimum Gasteiger partial charge on any atom is -0.465 e. The lowest BCUT2D eigenvalue weighted by atomic mass is 9.37. The molecule has 4 heteroatoms. The molecule has 6 rings (SSSR count). The van der Waals surface area contributed by atoms with Crippen LogP contribution in [0.15, 0.2) is 0 Å². The van der Waals surface area contributed by atoms with E-state index in [1.807, 2.05) is 0 Å². The number of rotatable bonds is 3. The van der Waals surface area contributed by atoms with Gasteiger partial charge >= 0.3 is 5.97 Å². The highest BCUT2D eigenvalue weighted by molar-refractivity contribution is 5.65. The summed E-state index contributed by atoms with van der Waals surface area (Å²) in [5, 5.41) is 10.7. The van der Waals surface area contributed by atoms with E-state index in [4.69, 9.17) is 9.47 Å². The SMILES string of the molecule is CC(=O)OC[C@@]12CCC3C(CCC4[C@@]3(C)CCC3[C@@H](C)[C@@H](O)CC[C@@]34C)C1[C@H](C1(C)CO1)CC2. The van der Waals surface area contributed by atoms with Gasteiger partial charge in [0.15, 0.2) is 0 Å². The third-order valence-electron chi connectivity index (χ3n) is 13.3. The molecule has 12 atom stereocenters. The molecule has 1 aliphatic heterocycles. The summed E-state index contributed by atoms with van der Waals surface area (Å²) in [7, 11) is 0. The molecule has 0 aromatic heterocycles. The van der Waals surface area contributed by atoms with Crippen LogP contribution in [0.25, 0.3) is 0 Å². The first kappa shape index (κ1) is 23.8. The number of epoxide rings is 1. The molecule has 6 fully saturated rings. The molecule has 192 valence electrons. The third-order valence-corrected chi connectivity index (χ3v) is 13.3. The number of fused-ring (bicyclic) bond motifs is 7. The van der Waals surface area contributed by atoms with Crippen molar-refractivity contribution in [1.29, 1.82) is 0 Å². The predicted molar refractivity (Wildman–Crippen MR) is 132 cm³/mol. The number of aliphatic hydroxyl groups excluding tert-OH is 1. The number of carbonyl (C=O) groups is 1. The number of esters is 1. The number of hydrogen-bond acceptors (Lipinski definition) is 4. The van der Waals surface area contributed by atoms with Gasteiger partial charge in [0.2, 0.25) is 0 Å². The van der Waals surface area contributed by atoms with E-state index in [9.17, 15) is 9.90 Å². The summed E-state index contributed by atoms with van der Waals surface area (Å²) in [6.45, 7) is 13.1. The van der Waals surface area contributed by atoms with Gasteiger partial charge in [-0.05, 0) is 123 Å². The highest BCUT2D eigenvalue weighted by Gasteiger charge is 2.68. The van der Waals surface area contributed by atoms with Crippen molar-refractivity contribution in [3.8, 4) is 0 Å². The van der Waals surface area contributed by atoms with Crippen molar-refractivity contribution in [2.24, 2.45) is 57.7 Å². The smallest absolute Gasteiger partial charge is 0.302 e. The first-order chi connectivity index (χ1) is 16.0. The van der Waals surface area contributed by atoms with Crippen molar-refractivity contribution >= 4 is 5.97 Å². The lowest BCUT2D eigenvalue weighted by Crippen LogP contribution is -2.62. The summed E-state index contributed by atoms with van der Waals surface area (Å²) < 4.78 is 11.9. The first-order valence-electron chi connectivity index (χ1n) is 14.5. The van der Waals surface area contributed by atoms with E-state index < -0.39 is 0 Å². The monoisotopic (exact) mass is 472 g/mol. The van der Waals surface area contributed by atoms with E-state index in [2.05, 4.69) is 27.7 Å². The van der Waals surface area contributed by atoms with Crippen molar-refractivity contribution in [1.82, 2.24) is 0 Å². The van der Waals surface area contributed by atoms with Gasteiger partial charge in [-0.1, -0.05) is 20.8 Å². The normalized spacial score (nSPS) is 58.2. The fraction of sp³-hybridized carbons (Fsp3) is 0.967. The van der Waals surface area contributed by atoms with Crippen LogP contribution in [0.2, 0.25) is 0 Å². The summed E-state index contributed by atoms with van der Waals surface area (Å²) in [6, 6.07) is 0. The van der Waals surface area contributed by atoms with Crippen molar-refractivity contribution in [2.45, 2.75) is 111 Å². The topological polar surface area (TPSA) is 59.1 Å². The van der Waals surface area contributed by atoms with Crippen molar-refractivity contribution in [3.05, 3.63) is 0 Å². The fourth-order valence-corrected chi connectivity index (χ4v) is 11.5. The molecule has 0 spiro atoms. The zero-order chi connectivity index (χ0) is 24.1. The largest absolute Gasteiger partial charge is 0.465 e. The predicted octanol–water partition coefficient (Wildman–Crippen LogP) is 6.00. The van der Waals surface area contributed by atoms with Gasteiger partial charge in [0.1, 0.15) is 0 Å². The van der Waals surface area contributed by atoms with Crippen LogP contribution in [-0.4, -0.2) is 36.0 Å². The van der Waals surface area contributed by atoms with E-state index >= 15 is 0 Å². The van der Waals surface area contributed by atoms with Crippen molar-refractivity contribution in [2.75, 3.05) is 13.2 Å². The number of aliphatic hydroxyl groups is 1. The third kappa shape index (κ3) is 3.19. The van der Waals surface area contributed by atoms with Crippen molar-refractivity contribution < 1.29 is 19.4 Å². The molecule has 4 nitrogen and oxygen atoms in total. The Morgan fingerprint density at radius 1 is 0.912 bits per heavy atom. The van der Waals surface area contributed by atoms with Crippen LogP contribution in [0.4, 0.5) is 0 Å². The Bertz CT molecular complexity index is 836. The molecular formula is C30H48O4. The highest BCUT2D eigenvalue weighted by Crippen LogP contribution is 2.73. The molecule has 0 aromatic carbocycles. The van der Waals surface area contributed by atoms with Gasteiger partial charge in [-0.3, -0.25) is 4.79 Å². The Hall–Kier alpha value is -0.610. The second kappa shape index (κ2) is 7.70. The Kier molecular flexibility index (Phi) is 5.38. The average molecular weight is 473 g/mol. The summed E-state index contributed by atoms with van der Waals surface area (Å²) in [5.41, 5.74) is 1.01. The molecule has 6 aliphatic rings. The Labute approximate surface area is 206 Å². The molecule has 6 unspecified atom stereocenters. The minimum absolute atomic E-state index is 0.0564. The maximum absolute atomic E-state index is 11.8. The van der Waals surface area contributed by atoms with E-state index in [-0.39, 0.29) is 23.1 Å². The van der Waals surface area contributed by atoms with Gasteiger partial charge in [-0.25, -0.2) is 0 Å². The molecule has 1 N–H and O–H groups in total. The molecular weight excluding hydrogens is 424 g/mol. The Morgan fingerprint density at radius 2 is 1.53 bits per heavy atom. The van der Waals surface area contributed by atoms with E-state index in [1.54, 1.807) is 6.92 Å². The number of hydrogen-bond donors (Lipinski definition) is 1. The molecule has 5 aliphatic carbocycles. The maximum atomic E-state index is 11.8. The van der Waals surface area contributed by atoms with Gasteiger partial charge in [-0.2, -0.15) is 0 Å². The van der Waals surface area contributed by atoms with Gasteiger partial charge in [0.25, 0.3) is 0 Å². The second-order valence-electron chi connectivity index (χ2n) is 14.5.